The third kappa shape index (κ3) is 3.25. The van der Waals surface area contributed by atoms with Gasteiger partial charge in [-0.25, -0.2) is 9.98 Å². The standard InChI is InChI=1S/C13H14N4S2/c1-8(2)12-17-10-5-4-9(6-11(10)19-12)16-13(18-3)15-7-14/h4-6,8H,1-3H3,(H,15,16). The molecule has 0 unspecified atom stereocenters. The lowest BCUT2D eigenvalue weighted by Crippen LogP contribution is -2.12. The summed E-state index contributed by atoms with van der Waals surface area (Å²) < 4.78 is 1.13. The summed E-state index contributed by atoms with van der Waals surface area (Å²) in [6, 6.07) is 5.90. The van der Waals surface area contributed by atoms with Gasteiger partial charge in [-0.1, -0.05) is 25.6 Å². The number of thiazole rings is 1. The van der Waals surface area contributed by atoms with Gasteiger partial charge in [-0.2, -0.15) is 5.26 Å². The molecule has 0 bridgehead atoms. The number of thioether (sulfide) groups is 1. The molecule has 2 aromatic rings. The molecule has 0 saturated carbocycles. The fraction of sp³-hybridized carbons (Fsp3) is 0.308. The Labute approximate surface area is 120 Å². The quantitative estimate of drug-likeness (QED) is 0.395. The fourth-order valence-electron chi connectivity index (χ4n) is 1.54. The number of benzene rings is 1. The number of aliphatic imine (C=N–C) groups is 1. The second-order valence-corrected chi connectivity index (χ2v) is 6.07. The van der Waals surface area contributed by atoms with Crippen LogP contribution in [-0.4, -0.2) is 16.4 Å². The van der Waals surface area contributed by atoms with Crippen LogP contribution >= 0.6 is 23.1 Å². The highest BCUT2D eigenvalue weighted by Crippen LogP contribution is 2.30. The Balaban J connectivity index is 2.38. The van der Waals surface area contributed by atoms with E-state index >= 15 is 0 Å². The molecule has 0 saturated heterocycles. The molecule has 0 aliphatic rings. The van der Waals surface area contributed by atoms with E-state index in [-0.39, 0.29) is 0 Å². The summed E-state index contributed by atoms with van der Waals surface area (Å²) >= 11 is 3.10. The molecule has 98 valence electrons. The number of fused-ring (bicyclic) bond motifs is 1. The van der Waals surface area contributed by atoms with Crippen molar-refractivity contribution in [2.45, 2.75) is 19.8 Å². The number of nitrogens with zero attached hydrogens (tertiary/aromatic N) is 3. The first kappa shape index (κ1) is 13.8. The molecule has 0 aliphatic carbocycles. The number of hydrogen-bond acceptors (Lipinski definition) is 5. The summed E-state index contributed by atoms with van der Waals surface area (Å²) in [4.78, 5) is 8.98. The van der Waals surface area contributed by atoms with Gasteiger partial charge in [-0.05, 0) is 24.5 Å². The molecule has 1 heterocycles. The van der Waals surface area contributed by atoms with Gasteiger partial charge in [0, 0.05) is 5.92 Å². The Morgan fingerprint density at radius 3 is 2.95 bits per heavy atom. The molecule has 1 aromatic carbocycles. The molecule has 0 spiro atoms. The zero-order valence-electron chi connectivity index (χ0n) is 11.0. The maximum atomic E-state index is 8.62. The number of amidine groups is 1. The maximum absolute atomic E-state index is 8.62. The van der Waals surface area contributed by atoms with E-state index in [1.165, 1.54) is 11.8 Å². The predicted octanol–water partition coefficient (Wildman–Crippen LogP) is 3.84. The number of nitrogens with one attached hydrogen (secondary N) is 1. The van der Waals surface area contributed by atoms with E-state index in [0.717, 1.165) is 20.9 Å². The zero-order chi connectivity index (χ0) is 13.8. The Morgan fingerprint density at radius 1 is 1.53 bits per heavy atom. The van der Waals surface area contributed by atoms with Crippen molar-refractivity contribution in [1.29, 1.82) is 5.26 Å². The van der Waals surface area contributed by atoms with Crippen LogP contribution in [0.2, 0.25) is 0 Å². The summed E-state index contributed by atoms with van der Waals surface area (Å²) in [5.41, 5.74) is 1.84. The topological polar surface area (TPSA) is 61.1 Å². The van der Waals surface area contributed by atoms with Crippen LogP contribution < -0.4 is 5.32 Å². The molecule has 6 heteroatoms. The van der Waals surface area contributed by atoms with Gasteiger partial charge in [0.05, 0.1) is 20.9 Å². The molecule has 1 aromatic heterocycles. The van der Waals surface area contributed by atoms with Crippen LogP contribution in [0.3, 0.4) is 0 Å². The average Bonchev–Trinajstić information content (AvgIpc) is 2.81. The van der Waals surface area contributed by atoms with Gasteiger partial charge < -0.3 is 0 Å². The van der Waals surface area contributed by atoms with Gasteiger partial charge in [0.25, 0.3) is 0 Å². The van der Waals surface area contributed by atoms with Crippen LogP contribution in [0.5, 0.6) is 0 Å². The van der Waals surface area contributed by atoms with Crippen LogP contribution in [0, 0.1) is 11.5 Å². The van der Waals surface area contributed by atoms with E-state index < -0.39 is 0 Å². The van der Waals surface area contributed by atoms with Crippen molar-refractivity contribution in [3.8, 4) is 6.19 Å². The lowest BCUT2D eigenvalue weighted by Gasteiger charge is -1.99. The lowest BCUT2D eigenvalue weighted by atomic mass is 10.2. The highest BCUT2D eigenvalue weighted by Gasteiger charge is 2.07. The summed E-state index contributed by atoms with van der Waals surface area (Å²) in [5.74, 6) is 0.436. The van der Waals surface area contributed by atoms with Crippen molar-refractivity contribution in [3.63, 3.8) is 0 Å². The van der Waals surface area contributed by atoms with E-state index in [4.69, 9.17) is 5.26 Å². The second-order valence-electron chi connectivity index (χ2n) is 4.22. The summed E-state index contributed by atoms with van der Waals surface area (Å²) in [6.07, 6.45) is 3.76. The minimum Gasteiger partial charge on any atom is -0.271 e. The number of nitriles is 1. The highest BCUT2D eigenvalue weighted by molar-refractivity contribution is 8.13. The minimum absolute atomic E-state index is 0.436. The van der Waals surface area contributed by atoms with Crippen molar-refractivity contribution in [1.82, 2.24) is 10.3 Å². The minimum atomic E-state index is 0.436. The van der Waals surface area contributed by atoms with Crippen LogP contribution in [0.25, 0.3) is 10.2 Å². The normalized spacial score (nSPS) is 11.8. The number of hydrogen-bond donors (Lipinski definition) is 1. The van der Waals surface area contributed by atoms with Crippen molar-refractivity contribution >= 4 is 44.2 Å². The second kappa shape index (κ2) is 6.04. The van der Waals surface area contributed by atoms with Gasteiger partial charge in [-0.3, -0.25) is 5.32 Å². The molecule has 0 fully saturated rings. The van der Waals surface area contributed by atoms with Crippen molar-refractivity contribution in [3.05, 3.63) is 23.2 Å². The summed E-state index contributed by atoms with van der Waals surface area (Å²) in [6.45, 7) is 4.28. The number of rotatable bonds is 2. The maximum Gasteiger partial charge on any atom is 0.183 e. The van der Waals surface area contributed by atoms with Crippen molar-refractivity contribution in [2.75, 3.05) is 6.26 Å². The molecule has 1 N–H and O–H groups in total. The van der Waals surface area contributed by atoms with E-state index in [9.17, 15) is 0 Å². The predicted molar refractivity (Wildman–Crippen MR) is 83.1 cm³/mol. The SMILES string of the molecule is CSC(=Nc1ccc2nc(C(C)C)sc2c1)NC#N. The van der Waals surface area contributed by atoms with Gasteiger partial charge in [0.1, 0.15) is 0 Å². The molecular formula is C13H14N4S2. The van der Waals surface area contributed by atoms with E-state index in [0.29, 0.717) is 11.1 Å². The third-order valence-corrected chi connectivity index (χ3v) is 4.37. The Bertz CT molecular complexity index is 652. The summed E-state index contributed by atoms with van der Waals surface area (Å²) in [5, 5.41) is 12.9. The molecule has 0 aliphatic heterocycles. The van der Waals surface area contributed by atoms with Crippen molar-refractivity contribution < 1.29 is 0 Å². The average molecular weight is 290 g/mol. The van der Waals surface area contributed by atoms with E-state index in [1.807, 2.05) is 30.6 Å². The van der Waals surface area contributed by atoms with Gasteiger partial charge in [0.2, 0.25) is 0 Å². The highest BCUT2D eigenvalue weighted by atomic mass is 32.2. The summed E-state index contributed by atoms with van der Waals surface area (Å²) in [7, 11) is 0. The van der Waals surface area contributed by atoms with E-state index in [2.05, 4.69) is 29.1 Å². The molecule has 4 nitrogen and oxygen atoms in total. The molecule has 0 amide bonds. The van der Waals surface area contributed by atoms with Gasteiger partial charge in [-0.15, -0.1) is 11.3 Å². The zero-order valence-corrected chi connectivity index (χ0v) is 12.6. The Morgan fingerprint density at radius 2 is 2.32 bits per heavy atom. The van der Waals surface area contributed by atoms with Crippen molar-refractivity contribution in [2.24, 2.45) is 4.99 Å². The molecule has 0 atom stereocenters. The monoisotopic (exact) mass is 290 g/mol. The largest absolute Gasteiger partial charge is 0.271 e. The molecule has 2 rings (SSSR count). The van der Waals surface area contributed by atoms with Crippen LogP contribution in [0.1, 0.15) is 24.8 Å². The smallest absolute Gasteiger partial charge is 0.183 e. The first-order valence-corrected chi connectivity index (χ1v) is 7.86. The van der Waals surface area contributed by atoms with Crippen LogP contribution in [-0.2, 0) is 0 Å². The van der Waals surface area contributed by atoms with Gasteiger partial charge >= 0.3 is 0 Å². The first-order chi connectivity index (χ1) is 9.13. The Hall–Kier alpha value is -1.58. The van der Waals surface area contributed by atoms with E-state index in [1.54, 1.807) is 11.3 Å². The molecular weight excluding hydrogens is 276 g/mol. The molecule has 19 heavy (non-hydrogen) atoms. The van der Waals surface area contributed by atoms with Crippen LogP contribution in [0.15, 0.2) is 23.2 Å². The van der Waals surface area contributed by atoms with Gasteiger partial charge in [0.15, 0.2) is 11.4 Å². The Kier molecular flexibility index (Phi) is 4.40. The van der Waals surface area contributed by atoms with Crippen LogP contribution in [0.4, 0.5) is 5.69 Å². The number of aromatic nitrogens is 1. The fourth-order valence-corrected chi connectivity index (χ4v) is 2.88. The third-order valence-electron chi connectivity index (χ3n) is 2.47. The molecule has 0 radical (unpaired) electrons. The first-order valence-electron chi connectivity index (χ1n) is 5.82. The lowest BCUT2D eigenvalue weighted by molar-refractivity contribution is 0.857.